The van der Waals surface area contributed by atoms with Crippen molar-refractivity contribution in [2.24, 2.45) is 0 Å². The zero-order chi connectivity index (χ0) is 13.4. The van der Waals surface area contributed by atoms with E-state index in [2.05, 4.69) is 50.8 Å². The molecule has 0 saturated carbocycles. The summed E-state index contributed by atoms with van der Waals surface area (Å²) in [5, 5.41) is 3.68. The van der Waals surface area contributed by atoms with Crippen LogP contribution in [0.4, 0.5) is 0 Å². The third-order valence-corrected chi connectivity index (χ3v) is 4.77. The second kappa shape index (κ2) is 8.27. The highest BCUT2D eigenvalue weighted by molar-refractivity contribution is 8.00. The number of likely N-dealkylation sites (N-methyl/N-ethyl adjacent to an activating group) is 1. The van der Waals surface area contributed by atoms with Crippen LogP contribution in [0.15, 0.2) is 11.6 Å². The van der Waals surface area contributed by atoms with Crippen molar-refractivity contribution >= 4 is 11.8 Å². The summed E-state index contributed by atoms with van der Waals surface area (Å²) in [5.41, 5.74) is 1.67. The van der Waals surface area contributed by atoms with E-state index in [0.29, 0.717) is 10.8 Å². The summed E-state index contributed by atoms with van der Waals surface area (Å²) >= 11 is 2.08. The van der Waals surface area contributed by atoms with Gasteiger partial charge < -0.3 is 5.32 Å². The summed E-state index contributed by atoms with van der Waals surface area (Å²) in [6.07, 6.45) is 10.7. The van der Waals surface area contributed by atoms with Gasteiger partial charge in [0.2, 0.25) is 0 Å². The van der Waals surface area contributed by atoms with Crippen molar-refractivity contribution in [3.63, 3.8) is 0 Å². The van der Waals surface area contributed by atoms with E-state index >= 15 is 0 Å². The molecule has 1 N–H and O–H groups in total. The van der Waals surface area contributed by atoms with Crippen LogP contribution in [0, 0.1) is 0 Å². The van der Waals surface area contributed by atoms with Crippen molar-refractivity contribution in [3.8, 4) is 0 Å². The lowest BCUT2D eigenvalue weighted by Gasteiger charge is -2.26. The smallest absolute Gasteiger partial charge is 0.0370 e. The van der Waals surface area contributed by atoms with E-state index in [9.17, 15) is 0 Å². The predicted molar refractivity (Wildman–Crippen MR) is 85.5 cm³/mol. The molecular formula is C16H31NS. The average Bonchev–Trinajstić information content (AvgIpc) is 2.23. The van der Waals surface area contributed by atoms with Gasteiger partial charge in [0.1, 0.15) is 0 Å². The first-order chi connectivity index (χ1) is 8.53. The highest BCUT2D eigenvalue weighted by atomic mass is 32.2. The number of nitrogens with one attached hydrogen (secondary N) is 1. The summed E-state index contributed by atoms with van der Waals surface area (Å²) in [6, 6.07) is 0.595. The molecule has 0 amide bonds. The average molecular weight is 269 g/mol. The van der Waals surface area contributed by atoms with Gasteiger partial charge in [0.05, 0.1) is 0 Å². The van der Waals surface area contributed by atoms with E-state index in [1.165, 1.54) is 44.3 Å². The molecule has 0 heterocycles. The Morgan fingerprint density at radius 3 is 2.61 bits per heavy atom. The Bertz CT molecular complexity index is 252. The minimum absolute atomic E-state index is 0.371. The van der Waals surface area contributed by atoms with Crippen LogP contribution in [0.25, 0.3) is 0 Å². The molecule has 0 bridgehead atoms. The van der Waals surface area contributed by atoms with E-state index in [-0.39, 0.29) is 0 Å². The molecule has 0 fully saturated rings. The van der Waals surface area contributed by atoms with Crippen molar-refractivity contribution < 1.29 is 0 Å². The van der Waals surface area contributed by atoms with E-state index in [0.717, 1.165) is 6.54 Å². The molecule has 0 saturated heterocycles. The van der Waals surface area contributed by atoms with E-state index in [1.54, 1.807) is 5.57 Å². The molecule has 1 nitrogen and oxygen atoms in total. The second-order valence-electron chi connectivity index (χ2n) is 6.27. The standard InChI is InChI=1S/C16H31NS/c1-5-17-15(13-18-16(2,3)4)14-11-9-7-6-8-10-12-14/h11,15,17H,5-10,12-13H2,1-4H3. The Balaban J connectivity index is 2.57. The molecule has 106 valence electrons. The lowest BCUT2D eigenvalue weighted by atomic mass is 9.95. The molecule has 1 rings (SSSR count). The maximum absolute atomic E-state index is 3.68. The van der Waals surface area contributed by atoms with Gasteiger partial charge in [-0.1, -0.05) is 52.2 Å². The zero-order valence-electron chi connectivity index (χ0n) is 12.7. The van der Waals surface area contributed by atoms with Gasteiger partial charge in [0, 0.05) is 16.5 Å². The highest BCUT2D eigenvalue weighted by Gasteiger charge is 2.18. The van der Waals surface area contributed by atoms with E-state index in [4.69, 9.17) is 0 Å². The number of hydrogen-bond donors (Lipinski definition) is 1. The summed E-state index contributed by atoms with van der Waals surface area (Å²) in [6.45, 7) is 10.2. The Kier molecular flexibility index (Phi) is 7.40. The third-order valence-electron chi connectivity index (χ3n) is 3.41. The fourth-order valence-electron chi connectivity index (χ4n) is 2.41. The Hall–Kier alpha value is 0.0500. The summed E-state index contributed by atoms with van der Waals surface area (Å²) in [5.74, 6) is 1.21. The lowest BCUT2D eigenvalue weighted by Crippen LogP contribution is -2.34. The maximum Gasteiger partial charge on any atom is 0.0370 e. The van der Waals surface area contributed by atoms with Crippen molar-refractivity contribution in [1.82, 2.24) is 5.32 Å². The molecule has 2 heteroatoms. The second-order valence-corrected chi connectivity index (χ2v) is 8.11. The fraction of sp³-hybridized carbons (Fsp3) is 0.875. The number of hydrogen-bond acceptors (Lipinski definition) is 2. The molecule has 0 aromatic rings. The maximum atomic E-state index is 3.68. The third kappa shape index (κ3) is 6.84. The van der Waals surface area contributed by atoms with Gasteiger partial charge in [-0.2, -0.15) is 11.8 Å². The first-order valence-corrected chi connectivity index (χ1v) is 8.58. The van der Waals surface area contributed by atoms with Gasteiger partial charge >= 0.3 is 0 Å². The molecule has 1 aliphatic rings. The number of rotatable bonds is 5. The first-order valence-electron chi connectivity index (χ1n) is 7.59. The SMILES string of the molecule is CCNC(CSC(C)(C)C)C1=CCCCCCC1. The van der Waals surface area contributed by atoms with Gasteiger partial charge in [0.25, 0.3) is 0 Å². The molecule has 1 atom stereocenters. The van der Waals surface area contributed by atoms with Gasteiger partial charge in [-0.3, -0.25) is 0 Å². The minimum atomic E-state index is 0.371. The van der Waals surface area contributed by atoms with Crippen LogP contribution >= 0.6 is 11.8 Å². The molecular weight excluding hydrogens is 238 g/mol. The van der Waals surface area contributed by atoms with Crippen molar-refractivity contribution in [2.45, 2.75) is 77.0 Å². The van der Waals surface area contributed by atoms with Gasteiger partial charge in [-0.15, -0.1) is 0 Å². The van der Waals surface area contributed by atoms with Crippen molar-refractivity contribution in [1.29, 1.82) is 0 Å². The predicted octanol–water partition coefficient (Wildman–Crippen LogP) is 4.78. The molecule has 0 aromatic carbocycles. The van der Waals surface area contributed by atoms with Crippen LogP contribution in [0.1, 0.15) is 66.2 Å². The molecule has 0 aromatic heterocycles. The van der Waals surface area contributed by atoms with Crippen molar-refractivity contribution in [2.75, 3.05) is 12.3 Å². The molecule has 0 aliphatic heterocycles. The first kappa shape index (κ1) is 16.1. The molecule has 1 unspecified atom stereocenters. The summed E-state index contributed by atoms with van der Waals surface area (Å²) < 4.78 is 0.371. The van der Waals surface area contributed by atoms with Gasteiger partial charge in [0.15, 0.2) is 0 Å². The summed E-state index contributed by atoms with van der Waals surface area (Å²) in [7, 11) is 0. The van der Waals surface area contributed by atoms with E-state index in [1.807, 2.05) is 0 Å². The fourth-order valence-corrected chi connectivity index (χ4v) is 3.41. The summed E-state index contributed by atoms with van der Waals surface area (Å²) in [4.78, 5) is 0. The Morgan fingerprint density at radius 1 is 1.22 bits per heavy atom. The molecule has 1 aliphatic carbocycles. The quantitative estimate of drug-likeness (QED) is 0.721. The Morgan fingerprint density at radius 2 is 1.94 bits per heavy atom. The minimum Gasteiger partial charge on any atom is -0.310 e. The number of thioether (sulfide) groups is 1. The topological polar surface area (TPSA) is 12.0 Å². The van der Waals surface area contributed by atoms with Gasteiger partial charge in [-0.05, 0) is 32.2 Å². The molecule has 0 spiro atoms. The zero-order valence-corrected chi connectivity index (χ0v) is 13.5. The van der Waals surface area contributed by atoms with Crippen LogP contribution in [0.3, 0.4) is 0 Å². The normalized spacial score (nSPS) is 19.9. The van der Waals surface area contributed by atoms with E-state index < -0.39 is 0 Å². The van der Waals surface area contributed by atoms with Crippen molar-refractivity contribution in [3.05, 3.63) is 11.6 Å². The van der Waals surface area contributed by atoms with Crippen LogP contribution in [-0.4, -0.2) is 23.1 Å². The lowest BCUT2D eigenvalue weighted by molar-refractivity contribution is 0.565. The monoisotopic (exact) mass is 269 g/mol. The molecule has 18 heavy (non-hydrogen) atoms. The largest absolute Gasteiger partial charge is 0.310 e. The van der Waals surface area contributed by atoms with Crippen LogP contribution in [-0.2, 0) is 0 Å². The molecule has 0 radical (unpaired) electrons. The van der Waals surface area contributed by atoms with Crippen LogP contribution < -0.4 is 5.32 Å². The van der Waals surface area contributed by atoms with Crippen LogP contribution in [0.2, 0.25) is 0 Å². The van der Waals surface area contributed by atoms with Crippen LogP contribution in [0.5, 0.6) is 0 Å². The van der Waals surface area contributed by atoms with Gasteiger partial charge in [-0.25, -0.2) is 0 Å². The number of allylic oxidation sites excluding steroid dienone is 1. The Labute approximate surface area is 118 Å². The highest BCUT2D eigenvalue weighted by Crippen LogP contribution is 2.27.